The Bertz CT molecular complexity index is 992. The van der Waals surface area contributed by atoms with Crippen LogP contribution < -0.4 is 0 Å². The van der Waals surface area contributed by atoms with Crippen LogP contribution in [0.3, 0.4) is 0 Å². The van der Waals surface area contributed by atoms with Crippen LogP contribution in [0.1, 0.15) is 21.6 Å². The molecule has 124 valence electrons. The molecule has 0 amide bonds. The van der Waals surface area contributed by atoms with Crippen molar-refractivity contribution in [2.45, 2.75) is 13.3 Å². The van der Waals surface area contributed by atoms with Gasteiger partial charge in [-0.05, 0) is 30.7 Å². The summed E-state index contributed by atoms with van der Waals surface area (Å²) in [6.45, 7) is 1.54. The van der Waals surface area contributed by atoms with Gasteiger partial charge in [0.1, 0.15) is 0 Å². The molecule has 0 saturated carbocycles. The summed E-state index contributed by atoms with van der Waals surface area (Å²) in [5.41, 5.74) is 0.983. The predicted octanol–water partition coefficient (Wildman–Crippen LogP) is 3.82. The van der Waals surface area contributed by atoms with Gasteiger partial charge in [0.25, 0.3) is 5.91 Å². The minimum absolute atomic E-state index is 0.0652. The van der Waals surface area contributed by atoms with Crippen molar-refractivity contribution in [3.05, 3.63) is 50.6 Å². The number of hydrogen-bond acceptors (Lipinski definition) is 4. The zero-order valence-corrected chi connectivity index (χ0v) is 13.9. The third kappa shape index (κ3) is 2.55. The smallest absolute Gasteiger partial charge is 0.307 e. The molecule has 0 aliphatic carbocycles. The summed E-state index contributed by atoms with van der Waals surface area (Å²) in [6, 6.07) is 4.01. The molecule has 0 aliphatic heterocycles. The first kappa shape index (κ1) is 16.5. The van der Waals surface area contributed by atoms with E-state index in [0.717, 1.165) is 6.07 Å². The van der Waals surface area contributed by atoms with Gasteiger partial charge in [-0.2, -0.15) is 0 Å². The average molecular weight is 368 g/mol. The Hall–Kier alpha value is -2.38. The Labute approximate surface area is 144 Å². The van der Waals surface area contributed by atoms with Crippen LogP contribution in [-0.4, -0.2) is 26.7 Å². The zero-order valence-electron chi connectivity index (χ0n) is 12.3. The molecule has 3 aromatic rings. The molecule has 8 heteroatoms. The number of phenolic OH excluding ortho intramolecular Hbond substituents is 1. The number of aromatic hydroxyl groups is 1. The van der Waals surface area contributed by atoms with Gasteiger partial charge in [0.2, 0.25) is 0 Å². The second-order valence-corrected chi connectivity index (χ2v) is 6.75. The third-order valence-electron chi connectivity index (χ3n) is 3.76. The fraction of sp³-hybridized carbons (Fsp3) is 0.125. The van der Waals surface area contributed by atoms with Gasteiger partial charge in [0.15, 0.2) is 11.6 Å². The van der Waals surface area contributed by atoms with E-state index in [4.69, 9.17) is 16.7 Å². The van der Waals surface area contributed by atoms with Gasteiger partial charge in [-0.25, -0.2) is 4.39 Å². The summed E-state index contributed by atoms with van der Waals surface area (Å²) in [5, 5.41) is 20.2. The van der Waals surface area contributed by atoms with Crippen LogP contribution >= 0.6 is 22.9 Å². The molecule has 0 radical (unpaired) electrons. The van der Waals surface area contributed by atoms with Crippen molar-refractivity contribution in [2.75, 3.05) is 0 Å². The number of carbonyl (C=O) groups is 2. The molecule has 5 nitrogen and oxygen atoms in total. The van der Waals surface area contributed by atoms with Crippen LogP contribution in [-0.2, 0) is 11.2 Å². The Morgan fingerprint density at radius 3 is 2.67 bits per heavy atom. The Balaban J connectivity index is 2.32. The van der Waals surface area contributed by atoms with Crippen molar-refractivity contribution < 1.29 is 24.2 Å². The average Bonchev–Trinajstić information content (AvgIpc) is 3.05. The summed E-state index contributed by atoms with van der Waals surface area (Å²) in [6.07, 6.45) is -0.465. The molecule has 0 aliphatic rings. The van der Waals surface area contributed by atoms with Crippen molar-refractivity contribution in [1.82, 2.24) is 4.57 Å². The van der Waals surface area contributed by atoms with Crippen LogP contribution in [0.25, 0.3) is 10.9 Å². The molecule has 2 aromatic heterocycles. The van der Waals surface area contributed by atoms with Crippen molar-refractivity contribution in [3.63, 3.8) is 0 Å². The number of carboxylic acids is 1. The summed E-state index contributed by atoms with van der Waals surface area (Å²) >= 11 is 7.04. The van der Waals surface area contributed by atoms with Crippen molar-refractivity contribution >= 4 is 45.7 Å². The Morgan fingerprint density at radius 2 is 2.08 bits per heavy atom. The summed E-state index contributed by atoms with van der Waals surface area (Å²) in [7, 11) is 0. The number of aliphatic carboxylic acids is 1. The van der Waals surface area contributed by atoms with Gasteiger partial charge >= 0.3 is 5.97 Å². The molecule has 0 fully saturated rings. The number of phenols is 1. The number of nitrogens with zero attached hydrogens (tertiary/aromatic N) is 1. The quantitative estimate of drug-likeness (QED) is 0.737. The molecule has 2 N–H and O–H groups in total. The molecule has 2 heterocycles. The Kier molecular flexibility index (Phi) is 4.06. The number of fused-ring (bicyclic) bond motifs is 1. The number of hydrogen-bond donors (Lipinski definition) is 2. The van der Waals surface area contributed by atoms with E-state index in [9.17, 15) is 19.1 Å². The van der Waals surface area contributed by atoms with E-state index in [1.54, 1.807) is 12.3 Å². The first-order chi connectivity index (χ1) is 11.3. The summed E-state index contributed by atoms with van der Waals surface area (Å²) in [4.78, 5) is 23.9. The molecule has 0 atom stereocenters. The van der Waals surface area contributed by atoms with E-state index >= 15 is 0 Å². The summed E-state index contributed by atoms with van der Waals surface area (Å²) in [5.74, 6) is -3.15. The second-order valence-electron chi connectivity index (χ2n) is 5.21. The number of benzene rings is 1. The second kappa shape index (κ2) is 5.92. The maximum atomic E-state index is 14.4. The monoisotopic (exact) mass is 367 g/mol. The van der Waals surface area contributed by atoms with Crippen LogP contribution in [0.5, 0.6) is 5.75 Å². The van der Waals surface area contributed by atoms with Gasteiger partial charge in [-0.15, -0.1) is 11.3 Å². The lowest BCUT2D eigenvalue weighted by molar-refractivity contribution is -0.136. The minimum Gasteiger partial charge on any atom is -0.505 e. The number of rotatable bonds is 3. The lowest BCUT2D eigenvalue weighted by atomic mass is 10.1. The summed E-state index contributed by atoms with van der Waals surface area (Å²) < 4.78 is 16.1. The highest BCUT2D eigenvalue weighted by Gasteiger charge is 2.25. The van der Waals surface area contributed by atoms with E-state index in [-0.39, 0.29) is 16.5 Å². The molecule has 24 heavy (non-hydrogen) atoms. The van der Waals surface area contributed by atoms with E-state index in [1.807, 2.05) is 0 Å². The third-order valence-corrected chi connectivity index (χ3v) is 4.85. The molecular formula is C16H11ClFNO4S. The molecule has 0 spiro atoms. The normalized spacial score (nSPS) is 11.1. The molecule has 1 aromatic carbocycles. The molecular weight excluding hydrogens is 357 g/mol. The minimum atomic E-state index is -1.16. The number of thiophene rings is 1. The molecule has 0 saturated heterocycles. The van der Waals surface area contributed by atoms with E-state index in [1.165, 1.54) is 28.0 Å². The number of carbonyl (C=O) groups excluding carboxylic acids is 1. The standard InChI is InChI=1S/C16H11ClFNO4S/c1-7-9(5-13(21)22)14-10(2-3-11(20)15(14)18)19(7)16(23)8-4-12(17)24-6-8/h2-4,6,20H,5H2,1H3,(H,21,22). The fourth-order valence-corrected chi connectivity index (χ4v) is 3.56. The van der Waals surface area contributed by atoms with Crippen molar-refractivity contribution in [2.24, 2.45) is 0 Å². The van der Waals surface area contributed by atoms with E-state index in [2.05, 4.69) is 0 Å². The lowest BCUT2D eigenvalue weighted by Crippen LogP contribution is -2.13. The van der Waals surface area contributed by atoms with Crippen molar-refractivity contribution in [3.8, 4) is 5.75 Å². The van der Waals surface area contributed by atoms with Crippen LogP contribution in [0.15, 0.2) is 23.6 Å². The SMILES string of the molecule is Cc1c(CC(=O)O)c2c(F)c(O)ccc2n1C(=O)c1csc(Cl)c1. The maximum absolute atomic E-state index is 14.4. The topological polar surface area (TPSA) is 79.5 Å². The lowest BCUT2D eigenvalue weighted by Gasteiger charge is -2.06. The van der Waals surface area contributed by atoms with Gasteiger partial charge in [-0.1, -0.05) is 11.6 Å². The van der Waals surface area contributed by atoms with Gasteiger partial charge in [0.05, 0.1) is 21.8 Å². The van der Waals surface area contributed by atoms with Crippen LogP contribution in [0.2, 0.25) is 4.34 Å². The largest absolute Gasteiger partial charge is 0.505 e. The van der Waals surface area contributed by atoms with Crippen LogP contribution in [0, 0.1) is 12.7 Å². The van der Waals surface area contributed by atoms with Gasteiger partial charge in [-0.3, -0.25) is 14.2 Å². The van der Waals surface area contributed by atoms with E-state index in [0.29, 0.717) is 15.6 Å². The van der Waals surface area contributed by atoms with Gasteiger partial charge < -0.3 is 10.2 Å². The van der Waals surface area contributed by atoms with Gasteiger partial charge in [0, 0.05) is 16.5 Å². The highest BCUT2D eigenvalue weighted by molar-refractivity contribution is 7.14. The predicted molar refractivity (Wildman–Crippen MR) is 88.7 cm³/mol. The molecule has 0 unspecified atom stereocenters. The van der Waals surface area contributed by atoms with Crippen LogP contribution in [0.4, 0.5) is 4.39 Å². The first-order valence-corrected chi connectivity index (χ1v) is 8.09. The highest BCUT2D eigenvalue weighted by atomic mass is 35.5. The number of carboxylic acid groups (broad SMARTS) is 1. The Morgan fingerprint density at radius 1 is 1.38 bits per heavy atom. The van der Waals surface area contributed by atoms with Crippen molar-refractivity contribution in [1.29, 1.82) is 0 Å². The fourth-order valence-electron chi connectivity index (χ4n) is 2.71. The van der Waals surface area contributed by atoms with E-state index < -0.39 is 29.9 Å². The highest BCUT2D eigenvalue weighted by Crippen LogP contribution is 2.34. The zero-order chi connectivity index (χ0) is 17.6. The number of aromatic nitrogens is 1. The first-order valence-electron chi connectivity index (χ1n) is 6.83. The number of halogens is 2. The molecule has 0 bridgehead atoms. The maximum Gasteiger partial charge on any atom is 0.307 e. The molecule has 3 rings (SSSR count).